The molecule has 6 heteroatoms. The van der Waals surface area contributed by atoms with E-state index in [0.717, 1.165) is 51.9 Å². The third-order valence-corrected chi connectivity index (χ3v) is 5.14. The molecule has 1 saturated carbocycles. The molecule has 0 aromatic carbocycles. The summed E-state index contributed by atoms with van der Waals surface area (Å²) in [4.78, 5) is 27.7. The quantitative estimate of drug-likeness (QED) is 0.853. The van der Waals surface area contributed by atoms with Crippen molar-refractivity contribution in [1.82, 2.24) is 15.1 Å². The Labute approximate surface area is 132 Å². The molecule has 0 bridgehead atoms. The number of carbonyl (C=O) groups is 2. The molecule has 2 aliphatic heterocycles. The number of hydrogen-bond acceptors (Lipinski definition) is 3. The summed E-state index contributed by atoms with van der Waals surface area (Å²) in [7, 11) is 0. The van der Waals surface area contributed by atoms with Crippen LogP contribution in [-0.4, -0.2) is 66.7 Å². The van der Waals surface area contributed by atoms with Gasteiger partial charge in [0.15, 0.2) is 0 Å². The number of amides is 3. The first-order chi connectivity index (χ1) is 10.7. The highest BCUT2D eigenvalue weighted by atomic mass is 16.5. The molecule has 2 heterocycles. The maximum Gasteiger partial charge on any atom is 0.317 e. The summed E-state index contributed by atoms with van der Waals surface area (Å²) < 4.78 is 5.78. The smallest absolute Gasteiger partial charge is 0.317 e. The molecule has 22 heavy (non-hydrogen) atoms. The Kier molecular flexibility index (Phi) is 5.18. The fraction of sp³-hybridized carbons (Fsp3) is 0.875. The van der Waals surface area contributed by atoms with Gasteiger partial charge in [-0.1, -0.05) is 19.3 Å². The summed E-state index contributed by atoms with van der Waals surface area (Å²) in [6, 6.07) is 0.330. The predicted octanol–water partition coefficient (Wildman–Crippen LogP) is 1.35. The summed E-state index contributed by atoms with van der Waals surface area (Å²) in [5.41, 5.74) is 0. The van der Waals surface area contributed by atoms with Gasteiger partial charge >= 0.3 is 6.03 Å². The van der Waals surface area contributed by atoms with Crippen LogP contribution in [0.3, 0.4) is 0 Å². The molecule has 124 valence electrons. The maximum atomic E-state index is 12.2. The number of nitrogens with zero attached hydrogens (tertiary/aromatic N) is 2. The van der Waals surface area contributed by atoms with E-state index in [-0.39, 0.29) is 30.7 Å². The maximum absolute atomic E-state index is 12.2. The van der Waals surface area contributed by atoms with Crippen LogP contribution in [0.5, 0.6) is 0 Å². The van der Waals surface area contributed by atoms with E-state index in [1.807, 2.05) is 9.80 Å². The highest BCUT2D eigenvalue weighted by molar-refractivity contribution is 5.78. The molecule has 0 aromatic heterocycles. The van der Waals surface area contributed by atoms with Crippen LogP contribution >= 0.6 is 0 Å². The molecule has 1 aliphatic carbocycles. The first-order valence-corrected chi connectivity index (χ1v) is 8.68. The minimum Gasteiger partial charge on any atom is -0.368 e. The Morgan fingerprint density at radius 3 is 2.45 bits per heavy atom. The van der Waals surface area contributed by atoms with E-state index in [0.29, 0.717) is 0 Å². The minimum atomic E-state index is 0.0467. The zero-order chi connectivity index (χ0) is 15.4. The topological polar surface area (TPSA) is 61.9 Å². The van der Waals surface area contributed by atoms with Crippen molar-refractivity contribution in [2.24, 2.45) is 0 Å². The van der Waals surface area contributed by atoms with Gasteiger partial charge in [0, 0.05) is 32.2 Å². The molecule has 6 nitrogen and oxygen atoms in total. The molecule has 0 spiro atoms. The van der Waals surface area contributed by atoms with Crippen molar-refractivity contribution in [2.75, 3.05) is 32.8 Å². The molecule has 2 saturated heterocycles. The molecule has 0 unspecified atom stereocenters. The molecular weight excluding hydrogens is 282 g/mol. The molecule has 3 amide bonds. The highest BCUT2D eigenvalue weighted by Gasteiger charge is 2.32. The van der Waals surface area contributed by atoms with Crippen molar-refractivity contribution in [3.05, 3.63) is 0 Å². The lowest BCUT2D eigenvalue weighted by molar-refractivity contribution is -0.140. The van der Waals surface area contributed by atoms with Gasteiger partial charge < -0.3 is 19.9 Å². The summed E-state index contributed by atoms with van der Waals surface area (Å²) in [5, 5.41) is 2.84. The van der Waals surface area contributed by atoms with Gasteiger partial charge in [-0.3, -0.25) is 4.79 Å². The summed E-state index contributed by atoms with van der Waals surface area (Å²) in [6.45, 7) is 3.23. The van der Waals surface area contributed by atoms with Crippen LogP contribution < -0.4 is 5.32 Å². The Hall–Kier alpha value is -1.30. The fourth-order valence-corrected chi connectivity index (χ4v) is 3.77. The van der Waals surface area contributed by atoms with Crippen LogP contribution in [0.15, 0.2) is 0 Å². The Morgan fingerprint density at radius 2 is 1.82 bits per heavy atom. The molecular formula is C16H27N3O3. The number of hydrogen-bond donors (Lipinski definition) is 1. The predicted molar refractivity (Wildman–Crippen MR) is 82.5 cm³/mol. The van der Waals surface area contributed by atoms with Gasteiger partial charge in [0.2, 0.25) is 5.91 Å². The van der Waals surface area contributed by atoms with Gasteiger partial charge in [-0.05, 0) is 25.7 Å². The summed E-state index contributed by atoms with van der Waals surface area (Å²) >= 11 is 0. The van der Waals surface area contributed by atoms with E-state index in [4.69, 9.17) is 4.74 Å². The Balaban J connectivity index is 1.38. The standard InChI is InChI=1S/C16H27N3O3/c20-15(12-22-14-4-2-1-3-5-14)18-9-6-13(7-10-18)19-11-8-17-16(19)21/h13-14H,1-12H2,(H,17,21). The lowest BCUT2D eigenvalue weighted by Gasteiger charge is -2.36. The molecule has 0 aromatic rings. The van der Waals surface area contributed by atoms with E-state index in [2.05, 4.69) is 5.32 Å². The van der Waals surface area contributed by atoms with Crippen LogP contribution in [0.25, 0.3) is 0 Å². The number of piperidine rings is 1. The molecule has 0 radical (unpaired) electrons. The zero-order valence-corrected chi connectivity index (χ0v) is 13.3. The van der Waals surface area contributed by atoms with E-state index in [9.17, 15) is 9.59 Å². The van der Waals surface area contributed by atoms with Crippen LogP contribution in [0.2, 0.25) is 0 Å². The third-order valence-electron chi connectivity index (χ3n) is 5.14. The van der Waals surface area contributed by atoms with E-state index in [1.165, 1.54) is 19.3 Å². The van der Waals surface area contributed by atoms with Gasteiger partial charge in [0.05, 0.1) is 6.10 Å². The van der Waals surface area contributed by atoms with Crippen LogP contribution in [0.4, 0.5) is 4.79 Å². The molecule has 3 fully saturated rings. The van der Waals surface area contributed by atoms with Gasteiger partial charge in [-0.15, -0.1) is 0 Å². The van der Waals surface area contributed by atoms with Crippen molar-refractivity contribution in [1.29, 1.82) is 0 Å². The second-order valence-electron chi connectivity index (χ2n) is 6.61. The van der Waals surface area contributed by atoms with Gasteiger partial charge in [-0.2, -0.15) is 0 Å². The van der Waals surface area contributed by atoms with Gasteiger partial charge in [0.1, 0.15) is 6.61 Å². The first-order valence-electron chi connectivity index (χ1n) is 8.68. The zero-order valence-electron chi connectivity index (χ0n) is 13.3. The van der Waals surface area contributed by atoms with Crippen LogP contribution in [-0.2, 0) is 9.53 Å². The Morgan fingerprint density at radius 1 is 1.09 bits per heavy atom. The van der Waals surface area contributed by atoms with Gasteiger partial charge in [-0.25, -0.2) is 4.79 Å². The monoisotopic (exact) mass is 309 g/mol. The van der Waals surface area contributed by atoms with E-state index < -0.39 is 0 Å². The highest BCUT2D eigenvalue weighted by Crippen LogP contribution is 2.21. The van der Waals surface area contributed by atoms with Crippen molar-refractivity contribution in [2.45, 2.75) is 57.1 Å². The molecule has 1 N–H and O–H groups in total. The van der Waals surface area contributed by atoms with Crippen molar-refractivity contribution in [3.63, 3.8) is 0 Å². The fourth-order valence-electron chi connectivity index (χ4n) is 3.77. The lowest BCUT2D eigenvalue weighted by Crippen LogP contribution is -2.48. The van der Waals surface area contributed by atoms with Crippen LogP contribution in [0, 0.1) is 0 Å². The van der Waals surface area contributed by atoms with Crippen molar-refractivity contribution < 1.29 is 14.3 Å². The summed E-state index contributed by atoms with van der Waals surface area (Å²) in [5.74, 6) is 0.106. The molecule has 3 aliphatic rings. The average Bonchev–Trinajstić information content (AvgIpc) is 3.00. The van der Waals surface area contributed by atoms with Crippen molar-refractivity contribution >= 4 is 11.9 Å². The van der Waals surface area contributed by atoms with Crippen molar-refractivity contribution in [3.8, 4) is 0 Å². The molecule has 0 atom stereocenters. The lowest BCUT2D eigenvalue weighted by atomic mass is 9.98. The number of likely N-dealkylation sites (tertiary alicyclic amines) is 1. The number of ether oxygens (including phenoxy) is 1. The number of rotatable bonds is 4. The second kappa shape index (κ2) is 7.31. The number of urea groups is 1. The normalized spacial score (nSPS) is 24.6. The number of nitrogens with one attached hydrogen (secondary N) is 1. The third kappa shape index (κ3) is 3.72. The second-order valence-corrected chi connectivity index (χ2v) is 6.61. The first kappa shape index (κ1) is 15.6. The SMILES string of the molecule is O=C(COC1CCCCC1)N1CCC(N2CCNC2=O)CC1. The largest absolute Gasteiger partial charge is 0.368 e. The average molecular weight is 309 g/mol. The van der Waals surface area contributed by atoms with E-state index in [1.54, 1.807) is 0 Å². The molecule has 3 rings (SSSR count). The Bertz CT molecular complexity index is 401. The van der Waals surface area contributed by atoms with Crippen LogP contribution in [0.1, 0.15) is 44.9 Å². The minimum absolute atomic E-state index is 0.0467. The number of carbonyl (C=O) groups excluding carboxylic acids is 2. The summed E-state index contributed by atoms with van der Waals surface area (Å²) in [6.07, 6.45) is 7.98. The van der Waals surface area contributed by atoms with E-state index >= 15 is 0 Å². The van der Waals surface area contributed by atoms with Gasteiger partial charge in [0.25, 0.3) is 0 Å².